The van der Waals surface area contributed by atoms with Crippen LogP contribution in [0, 0.1) is 0 Å². The predicted octanol–water partition coefficient (Wildman–Crippen LogP) is -1.95. The number of imidazole rings is 1. The lowest BCUT2D eigenvalue weighted by Gasteiger charge is -2.17. The molecule has 14 heteroatoms. The molecule has 25 heavy (non-hydrogen) atoms. The number of aliphatic hydroxyl groups excluding tert-OH is 2. The topological polar surface area (TPSA) is 201 Å². The Bertz CT molecular complexity index is 883. The van der Waals surface area contributed by atoms with E-state index in [0.29, 0.717) is 0 Å². The molecule has 1 unspecified atom stereocenters. The van der Waals surface area contributed by atoms with Gasteiger partial charge in [-0.1, -0.05) is 0 Å². The molecule has 1 saturated heterocycles. The summed E-state index contributed by atoms with van der Waals surface area (Å²) in [5.74, 6) is 0.0398. The Morgan fingerprint density at radius 1 is 1.44 bits per heavy atom. The van der Waals surface area contributed by atoms with E-state index in [1.807, 2.05) is 0 Å². The molecule has 1 aliphatic heterocycles. The summed E-state index contributed by atoms with van der Waals surface area (Å²) in [7, 11) is -2.69. The van der Waals surface area contributed by atoms with Gasteiger partial charge in [-0.25, -0.2) is 29.4 Å². The number of ether oxygens (including phenoxy) is 1. The van der Waals surface area contributed by atoms with Crippen LogP contribution in [-0.2, 0) is 18.3 Å². The molecule has 13 nitrogen and oxygen atoms in total. The highest BCUT2D eigenvalue weighted by Crippen LogP contribution is 2.39. The van der Waals surface area contributed by atoms with Gasteiger partial charge in [0.25, 0.3) is 0 Å². The normalized spacial score (nSPS) is 29.1. The second kappa shape index (κ2) is 6.46. The van der Waals surface area contributed by atoms with Crippen molar-refractivity contribution in [3.63, 3.8) is 0 Å². The first-order valence-electron chi connectivity index (χ1n) is 7.06. The van der Waals surface area contributed by atoms with Crippen LogP contribution in [0.25, 0.3) is 11.2 Å². The van der Waals surface area contributed by atoms with Crippen LogP contribution in [0.4, 0.5) is 5.82 Å². The van der Waals surface area contributed by atoms with Crippen molar-refractivity contribution in [2.24, 2.45) is 5.50 Å². The molecule has 0 aromatic carbocycles. The van der Waals surface area contributed by atoms with Crippen LogP contribution < -0.4 is 16.9 Å². The number of aromatic nitrogens is 4. The lowest BCUT2D eigenvalue weighted by Crippen LogP contribution is -2.35. The molecule has 0 amide bonds. The van der Waals surface area contributed by atoms with Crippen molar-refractivity contribution < 1.29 is 28.6 Å². The zero-order valence-corrected chi connectivity index (χ0v) is 13.9. The molecule has 0 spiro atoms. The molecular weight excluding hydrogens is 359 g/mol. The lowest BCUT2D eigenvalue weighted by molar-refractivity contribution is -0.0502. The van der Waals surface area contributed by atoms with Gasteiger partial charge < -0.3 is 30.2 Å². The molecular formula is C11H17N6O7P. The summed E-state index contributed by atoms with van der Waals surface area (Å²) in [5, 5.41) is 20.3. The Morgan fingerprint density at radius 3 is 2.84 bits per heavy atom. The summed E-state index contributed by atoms with van der Waals surface area (Å²) < 4.78 is 27.4. The fraction of sp³-hybridized carbons (Fsp3) is 0.545. The smallest absolute Gasteiger partial charge is 0.387 e. The number of nitrogens with one attached hydrogen (secondary N) is 1. The molecule has 2 aromatic rings. The Labute approximate surface area is 140 Å². The number of rotatable bonds is 5. The number of nitrogen functional groups attached to an aromatic ring is 1. The van der Waals surface area contributed by atoms with E-state index in [-0.39, 0.29) is 17.0 Å². The van der Waals surface area contributed by atoms with Crippen LogP contribution in [0.2, 0.25) is 0 Å². The zero-order chi connectivity index (χ0) is 18.4. The number of nitrogens with two attached hydrogens (primary N) is 2. The maximum atomic E-state index is 12.2. The van der Waals surface area contributed by atoms with Crippen molar-refractivity contribution >= 4 is 24.7 Å². The average Bonchev–Trinajstić information content (AvgIpc) is 3.04. The van der Waals surface area contributed by atoms with Crippen LogP contribution >= 0.6 is 7.75 Å². The molecule has 0 radical (unpaired) electrons. The molecule has 1 aliphatic rings. The highest BCUT2D eigenvalue weighted by molar-refractivity contribution is 7.51. The number of fused-ring (bicyclic) bond motifs is 1. The van der Waals surface area contributed by atoms with Crippen molar-refractivity contribution in [2.75, 3.05) is 19.5 Å². The van der Waals surface area contributed by atoms with Gasteiger partial charge in [0, 0.05) is 7.11 Å². The maximum absolute atomic E-state index is 12.2. The zero-order valence-electron chi connectivity index (χ0n) is 13.0. The minimum absolute atomic E-state index is 0.0398. The van der Waals surface area contributed by atoms with Crippen molar-refractivity contribution in [1.82, 2.24) is 19.5 Å². The lowest BCUT2D eigenvalue weighted by atomic mass is 10.1. The number of hydrogen-bond donors (Lipinski definition) is 5. The fourth-order valence-electron chi connectivity index (χ4n) is 2.50. The SMILES string of the molecule is COP(N)(=O)OC[C@H]1O[C@@H](n2c(=O)[nH]c3c(N)ncnc32)[C@H](O)[C@@H]1O. The molecule has 1 fully saturated rings. The van der Waals surface area contributed by atoms with Gasteiger partial charge in [0.15, 0.2) is 17.7 Å². The van der Waals surface area contributed by atoms with Gasteiger partial charge >= 0.3 is 13.4 Å². The van der Waals surface area contributed by atoms with Crippen LogP contribution in [0.5, 0.6) is 0 Å². The summed E-state index contributed by atoms with van der Waals surface area (Å²) in [6.45, 7) is -0.426. The standard InChI is InChI=1S/C11H17N6O7P/c1-22-25(13,21)23-2-4-6(18)7(19)10(24-4)17-9-5(16-11(17)20)8(12)14-3-15-9/h3-4,6-7,10,18-19H,2H2,1H3,(H2,13,21)(H,16,20)(H2,12,14,15)/t4-,6-,7-,10-,25?/m1/s1. The van der Waals surface area contributed by atoms with Gasteiger partial charge in [-0.2, -0.15) is 0 Å². The third-order valence-electron chi connectivity index (χ3n) is 3.80. The summed E-state index contributed by atoms with van der Waals surface area (Å²) in [5.41, 5.74) is 10.5. The molecule has 3 heterocycles. The van der Waals surface area contributed by atoms with Crippen molar-refractivity contribution in [3.05, 3.63) is 16.8 Å². The minimum atomic E-state index is -3.79. The highest BCUT2D eigenvalue weighted by atomic mass is 31.2. The number of nitrogens with zero attached hydrogens (tertiary/aromatic N) is 3. The Hall–Kier alpha value is -1.86. The molecule has 7 N–H and O–H groups in total. The minimum Gasteiger partial charge on any atom is -0.387 e. The van der Waals surface area contributed by atoms with E-state index in [0.717, 1.165) is 18.0 Å². The van der Waals surface area contributed by atoms with Crippen LogP contribution in [0.15, 0.2) is 11.1 Å². The van der Waals surface area contributed by atoms with Crippen LogP contribution in [-0.4, -0.2) is 61.8 Å². The van der Waals surface area contributed by atoms with Gasteiger partial charge in [-0.15, -0.1) is 0 Å². The molecule has 5 atom stereocenters. The van der Waals surface area contributed by atoms with E-state index in [2.05, 4.69) is 19.5 Å². The molecule has 0 aliphatic carbocycles. The van der Waals surface area contributed by atoms with Crippen molar-refractivity contribution in [3.8, 4) is 0 Å². The van der Waals surface area contributed by atoms with Gasteiger partial charge in [-0.05, 0) is 0 Å². The summed E-state index contributed by atoms with van der Waals surface area (Å²) in [4.78, 5) is 22.3. The van der Waals surface area contributed by atoms with Gasteiger partial charge in [0.2, 0.25) is 0 Å². The van der Waals surface area contributed by atoms with Gasteiger partial charge in [0.1, 0.15) is 30.2 Å². The predicted molar refractivity (Wildman–Crippen MR) is 83.2 cm³/mol. The fourth-order valence-corrected chi connectivity index (χ4v) is 2.96. The van der Waals surface area contributed by atoms with Crippen molar-refractivity contribution in [1.29, 1.82) is 0 Å². The molecule has 3 rings (SSSR count). The quantitative estimate of drug-likeness (QED) is 0.363. The summed E-state index contributed by atoms with van der Waals surface area (Å²) >= 11 is 0. The molecule has 2 aromatic heterocycles. The van der Waals surface area contributed by atoms with Crippen LogP contribution in [0.3, 0.4) is 0 Å². The van der Waals surface area contributed by atoms with Crippen molar-refractivity contribution in [2.45, 2.75) is 24.5 Å². The second-order valence-electron chi connectivity index (χ2n) is 5.32. The first kappa shape index (κ1) is 17.9. The van der Waals surface area contributed by atoms with Gasteiger partial charge in [0.05, 0.1) is 6.61 Å². The second-order valence-corrected chi connectivity index (χ2v) is 7.03. The molecule has 0 saturated carbocycles. The van der Waals surface area contributed by atoms with E-state index in [1.54, 1.807) is 0 Å². The summed E-state index contributed by atoms with van der Waals surface area (Å²) in [6.07, 6.45) is -4.16. The first-order chi connectivity index (χ1) is 11.7. The number of aliphatic hydroxyl groups is 2. The van der Waals surface area contributed by atoms with Crippen LogP contribution in [0.1, 0.15) is 6.23 Å². The third kappa shape index (κ3) is 3.18. The molecule has 138 valence electrons. The van der Waals surface area contributed by atoms with E-state index < -0.39 is 44.6 Å². The van der Waals surface area contributed by atoms with Gasteiger partial charge in [-0.3, -0.25) is 4.52 Å². The average molecular weight is 376 g/mol. The first-order valence-corrected chi connectivity index (χ1v) is 8.67. The van der Waals surface area contributed by atoms with E-state index in [4.69, 9.17) is 20.5 Å². The number of hydrogen-bond acceptors (Lipinski definition) is 10. The molecule has 0 bridgehead atoms. The van der Waals surface area contributed by atoms with E-state index in [1.165, 1.54) is 0 Å². The summed E-state index contributed by atoms with van der Waals surface area (Å²) in [6, 6.07) is 0. The third-order valence-corrected chi connectivity index (χ3v) is 4.82. The number of anilines is 1. The number of H-pyrrole nitrogens is 1. The van der Waals surface area contributed by atoms with E-state index >= 15 is 0 Å². The Kier molecular flexibility index (Phi) is 4.64. The van der Waals surface area contributed by atoms with E-state index in [9.17, 15) is 19.6 Å². The Morgan fingerprint density at radius 2 is 2.16 bits per heavy atom. The largest absolute Gasteiger partial charge is 0.402 e. The Balaban J connectivity index is 1.89. The highest BCUT2D eigenvalue weighted by Gasteiger charge is 2.45. The maximum Gasteiger partial charge on any atom is 0.402 e. The monoisotopic (exact) mass is 376 g/mol. The number of aromatic amines is 1.